The topological polar surface area (TPSA) is 74.0 Å². The Kier molecular flexibility index (Phi) is 9.37. The van der Waals surface area contributed by atoms with Gasteiger partial charge in [-0.15, -0.1) is 0 Å². The first-order chi connectivity index (χ1) is 12.9. The Morgan fingerprint density at radius 3 is 2.37 bits per heavy atom. The zero-order valence-corrected chi connectivity index (χ0v) is 16.6. The number of aromatic nitrogens is 1. The lowest BCUT2D eigenvalue weighted by molar-refractivity contribution is -0.124. The summed E-state index contributed by atoms with van der Waals surface area (Å²) in [5.41, 5.74) is 5.08. The predicted molar refractivity (Wildman–Crippen MR) is 114 cm³/mol. The van der Waals surface area contributed by atoms with Crippen LogP contribution in [-0.4, -0.2) is 29.9 Å². The van der Waals surface area contributed by atoms with Crippen LogP contribution in [-0.2, 0) is 9.59 Å². The summed E-state index contributed by atoms with van der Waals surface area (Å²) < 4.78 is 0. The van der Waals surface area contributed by atoms with E-state index in [-0.39, 0.29) is 18.4 Å². The van der Waals surface area contributed by atoms with E-state index in [0.717, 1.165) is 28.1 Å². The van der Waals surface area contributed by atoms with Crippen molar-refractivity contribution in [2.75, 3.05) is 13.1 Å². The Bertz CT molecular complexity index is 763. The van der Waals surface area contributed by atoms with Gasteiger partial charge < -0.3 is 15.6 Å². The van der Waals surface area contributed by atoms with Crippen molar-refractivity contribution in [2.24, 2.45) is 0 Å². The molecule has 1 aromatic rings. The lowest BCUT2D eigenvalue weighted by Crippen LogP contribution is -2.36. The Morgan fingerprint density at radius 1 is 1.07 bits per heavy atom. The third kappa shape index (κ3) is 7.77. The minimum atomic E-state index is -0.225. The molecule has 1 heterocycles. The van der Waals surface area contributed by atoms with Gasteiger partial charge in [-0.1, -0.05) is 48.6 Å². The molecule has 0 aromatic carbocycles. The zero-order chi connectivity index (χ0) is 20.2. The summed E-state index contributed by atoms with van der Waals surface area (Å²) >= 11 is 0. The van der Waals surface area contributed by atoms with Gasteiger partial charge in [0.2, 0.25) is 11.8 Å². The number of rotatable bonds is 9. The molecule has 0 unspecified atom stereocenters. The molecule has 27 heavy (non-hydrogen) atoms. The monoisotopic (exact) mass is 367 g/mol. The smallest absolute Gasteiger partial charge is 0.239 e. The van der Waals surface area contributed by atoms with Crippen LogP contribution in [0.15, 0.2) is 48.6 Å². The highest BCUT2D eigenvalue weighted by Crippen LogP contribution is 2.22. The minimum absolute atomic E-state index is 0.0136. The zero-order valence-electron chi connectivity index (χ0n) is 16.6. The standard InChI is InChI=1S/C22H29N3O2/c1-6-9-19-13-21(25-20(19)10-7-2)18(8-3)12-11-16(4)14-24-22(27)15-23-17(5)26/h6-13,25H,3,14-15H2,1-2,4-5H3,(H,23,26)(H,24,27)/b9-6-,10-7-,16-11+,18-12+. The number of allylic oxidation sites excluding steroid dienone is 6. The van der Waals surface area contributed by atoms with Gasteiger partial charge in [0.25, 0.3) is 0 Å². The second-order valence-corrected chi connectivity index (χ2v) is 6.08. The van der Waals surface area contributed by atoms with E-state index in [1.807, 2.05) is 51.2 Å². The van der Waals surface area contributed by atoms with Crippen molar-refractivity contribution in [3.05, 3.63) is 65.5 Å². The van der Waals surface area contributed by atoms with Crippen LogP contribution in [0.5, 0.6) is 0 Å². The highest BCUT2D eigenvalue weighted by Gasteiger charge is 2.06. The van der Waals surface area contributed by atoms with Gasteiger partial charge in [-0.3, -0.25) is 9.59 Å². The van der Waals surface area contributed by atoms with E-state index >= 15 is 0 Å². The highest BCUT2D eigenvalue weighted by molar-refractivity contribution is 5.83. The molecular weight excluding hydrogens is 338 g/mol. The molecule has 0 aliphatic rings. The molecule has 0 radical (unpaired) electrons. The molecule has 0 atom stereocenters. The van der Waals surface area contributed by atoms with Crippen LogP contribution in [0, 0.1) is 0 Å². The van der Waals surface area contributed by atoms with Gasteiger partial charge in [0.05, 0.1) is 6.54 Å². The van der Waals surface area contributed by atoms with E-state index in [0.29, 0.717) is 6.54 Å². The molecule has 1 rings (SSSR count). The Hall–Kier alpha value is -3.08. The highest BCUT2D eigenvalue weighted by atomic mass is 16.2. The summed E-state index contributed by atoms with van der Waals surface area (Å²) in [5.74, 6) is -0.446. The number of hydrogen-bond donors (Lipinski definition) is 3. The van der Waals surface area contributed by atoms with Crippen molar-refractivity contribution >= 4 is 29.5 Å². The predicted octanol–water partition coefficient (Wildman–Crippen LogP) is 3.85. The van der Waals surface area contributed by atoms with Crippen molar-refractivity contribution in [2.45, 2.75) is 27.7 Å². The molecule has 0 saturated heterocycles. The fourth-order valence-corrected chi connectivity index (χ4v) is 2.33. The Balaban J connectivity index is 2.86. The van der Waals surface area contributed by atoms with Crippen molar-refractivity contribution in [3.8, 4) is 0 Å². The van der Waals surface area contributed by atoms with Crippen LogP contribution in [0.2, 0.25) is 0 Å². The first-order valence-electron chi connectivity index (χ1n) is 8.91. The number of aromatic amines is 1. The van der Waals surface area contributed by atoms with Crippen molar-refractivity contribution in [3.63, 3.8) is 0 Å². The van der Waals surface area contributed by atoms with Crippen LogP contribution < -0.4 is 10.6 Å². The van der Waals surface area contributed by atoms with Crippen LogP contribution in [0.1, 0.15) is 44.6 Å². The first-order valence-corrected chi connectivity index (χ1v) is 8.91. The summed E-state index contributed by atoms with van der Waals surface area (Å²) in [7, 11) is 0. The van der Waals surface area contributed by atoms with Crippen LogP contribution in [0.25, 0.3) is 17.7 Å². The van der Waals surface area contributed by atoms with Gasteiger partial charge in [0, 0.05) is 24.9 Å². The molecular formula is C22H29N3O2. The van der Waals surface area contributed by atoms with Crippen LogP contribution >= 0.6 is 0 Å². The molecule has 0 aliphatic heterocycles. The fourth-order valence-electron chi connectivity index (χ4n) is 2.33. The lowest BCUT2D eigenvalue weighted by atomic mass is 10.1. The maximum Gasteiger partial charge on any atom is 0.239 e. The van der Waals surface area contributed by atoms with Gasteiger partial charge >= 0.3 is 0 Å². The van der Waals surface area contributed by atoms with Gasteiger partial charge in [-0.25, -0.2) is 0 Å². The fraction of sp³-hybridized carbons (Fsp3) is 0.273. The van der Waals surface area contributed by atoms with E-state index in [4.69, 9.17) is 0 Å². The molecule has 5 nitrogen and oxygen atoms in total. The molecule has 3 N–H and O–H groups in total. The lowest BCUT2D eigenvalue weighted by Gasteiger charge is -2.05. The molecule has 5 heteroatoms. The molecule has 0 saturated carbocycles. The van der Waals surface area contributed by atoms with Gasteiger partial charge in [0.1, 0.15) is 0 Å². The third-order valence-electron chi connectivity index (χ3n) is 3.70. The van der Waals surface area contributed by atoms with E-state index in [1.165, 1.54) is 6.92 Å². The molecule has 0 spiro atoms. The maximum absolute atomic E-state index is 11.6. The second-order valence-electron chi connectivity index (χ2n) is 6.08. The van der Waals surface area contributed by atoms with E-state index in [1.54, 1.807) is 6.08 Å². The van der Waals surface area contributed by atoms with Crippen molar-refractivity contribution < 1.29 is 9.59 Å². The average molecular weight is 367 g/mol. The average Bonchev–Trinajstić information content (AvgIpc) is 3.02. The number of carbonyl (C=O) groups is 2. The largest absolute Gasteiger partial charge is 0.355 e. The molecule has 0 fully saturated rings. The number of carbonyl (C=O) groups excluding carboxylic acids is 2. The number of nitrogens with one attached hydrogen (secondary N) is 3. The molecule has 144 valence electrons. The molecule has 0 bridgehead atoms. The Labute approximate surface area is 161 Å². The van der Waals surface area contributed by atoms with Crippen LogP contribution in [0.3, 0.4) is 0 Å². The van der Waals surface area contributed by atoms with Gasteiger partial charge in [-0.2, -0.15) is 0 Å². The van der Waals surface area contributed by atoms with Crippen molar-refractivity contribution in [1.82, 2.24) is 15.6 Å². The summed E-state index contributed by atoms with van der Waals surface area (Å²) in [5, 5.41) is 5.23. The summed E-state index contributed by atoms with van der Waals surface area (Å²) in [6.07, 6.45) is 13.8. The maximum atomic E-state index is 11.6. The molecule has 1 aromatic heterocycles. The Morgan fingerprint density at radius 2 is 1.78 bits per heavy atom. The van der Waals surface area contributed by atoms with E-state index < -0.39 is 0 Å². The normalized spacial score (nSPS) is 12.6. The van der Waals surface area contributed by atoms with E-state index in [2.05, 4.69) is 34.3 Å². The summed E-state index contributed by atoms with van der Waals surface area (Å²) in [4.78, 5) is 25.8. The van der Waals surface area contributed by atoms with E-state index in [9.17, 15) is 9.59 Å². The van der Waals surface area contributed by atoms with Gasteiger partial charge in [-0.05, 0) is 44.1 Å². The minimum Gasteiger partial charge on any atom is -0.355 e. The summed E-state index contributed by atoms with van der Waals surface area (Å²) in [6.45, 7) is 11.6. The molecule has 0 aliphatic carbocycles. The quantitative estimate of drug-likeness (QED) is 0.580. The van der Waals surface area contributed by atoms with Crippen molar-refractivity contribution in [1.29, 1.82) is 0 Å². The number of amides is 2. The number of H-pyrrole nitrogens is 1. The third-order valence-corrected chi connectivity index (χ3v) is 3.70. The molecule has 2 amide bonds. The first kappa shape index (κ1) is 22.0. The van der Waals surface area contributed by atoms with Crippen LogP contribution in [0.4, 0.5) is 0 Å². The second kappa shape index (κ2) is 11.5. The van der Waals surface area contributed by atoms with Gasteiger partial charge in [0.15, 0.2) is 0 Å². The SMILES string of the molecule is C=C/C(=C\C=C(/C)CNC(=O)CNC(C)=O)c1cc(/C=C\C)c(/C=C\C)[nH]1. The number of hydrogen-bond acceptors (Lipinski definition) is 2. The summed E-state index contributed by atoms with van der Waals surface area (Å²) in [6, 6.07) is 2.08.